The second kappa shape index (κ2) is 7.21. The minimum Gasteiger partial charge on any atom is -0.356 e. The molecule has 0 saturated carbocycles. The van der Waals surface area contributed by atoms with E-state index in [4.69, 9.17) is 9.47 Å². The minimum atomic E-state index is -0.0594. The molecule has 0 amide bonds. The van der Waals surface area contributed by atoms with Crippen molar-refractivity contribution in [3.05, 3.63) is 0 Å². The summed E-state index contributed by atoms with van der Waals surface area (Å²) in [5.41, 5.74) is 0.311. The van der Waals surface area contributed by atoms with Gasteiger partial charge in [-0.25, -0.2) is 0 Å². The fourth-order valence-corrected chi connectivity index (χ4v) is 1.39. The maximum absolute atomic E-state index is 5.16. The molecule has 14 heavy (non-hydrogen) atoms. The monoisotopic (exact) mass is 203 g/mol. The Labute approximate surface area is 88.2 Å². The van der Waals surface area contributed by atoms with Crippen LogP contribution in [-0.2, 0) is 9.47 Å². The molecule has 0 heterocycles. The van der Waals surface area contributed by atoms with Crippen molar-refractivity contribution >= 4 is 0 Å². The van der Waals surface area contributed by atoms with Gasteiger partial charge < -0.3 is 14.8 Å². The molecular formula is C11H25NO2. The Kier molecular flexibility index (Phi) is 7.15. The van der Waals surface area contributed by atoms with Gasteiger partial charge in [0.25, 0.3) is 0 Å². The van der Waals surface area contributed by atoms with E-state index in [1.54, 1.807) is 14.2 Å². The summed E-state index contributed by atoms with van der Waals surface area (Å²) in [6.07, 6.45) is 1.99. The summed E-state index contributed by atoms with van der Waals surface area (Å²) in [4.78, 5) is 0. The van der Waals surface area contributed by atoms with Gasteiger partial charge in [0.15, 0.2) is 6.29 Å². The Morgan fingerprint density at radius 3 is 2.21 bits per heavy atom. The highest BCUT2D eigenvalue weighted by molar-refractivity contribution is 4.71. The molecule has 0 fully saturated rings. The Bertz CT molecular complexity index is 133. The molecule has 0 aromatic rings. The fourth-order valence-electron chi connectivity index (χ4n) is 1.39. The smallest absolute Gasteiger partial charge is 0.156 e. The van der Waals surface area contributed by atoms with E-state index in [1.807, 2.05) is 0 Å². The highest BCUT2D eigenvalue weighted by Crippen LogP contribution is 2.22. The topological polar surface area (TPSA) is 30.5 Å². The molecule has 3 nitrogen and oxygen atoms in total. The third-order valence-electron chi connectivity index (χ3n) is 2.44. The van der Waals surface area contributed by atoms with Crippen LogP contribution < -0.4 is 5.32 Å². The first kappa shape index (κ1) is 13.9. The van der Waals surface area contributed by atoms with Crippen LogP contribution in [0.15, 0.2) is 0 Å². The zero-order chi connectivity index (χ0) is 11.0. The predicted octanol–water partition coefficient (Wildman–Crippen LogP) is 2.02. The van der Waals surface area contributed by atoms with Gasteiger partial charge in [-0.1, -0.05) is 20.8 Å². The quantitative estimate of drug-likeness (QED) is 0.612. The molecule has 0 bridgehead atoms. The van der Waals surface area contributed by atoms with Gasteiger partial charge in [-0.2, -0.15) is 0 Å². The lowest BCUT2D eigenvalue weighted by atomic mass is 9.87. The molecule has 0 unspecified atom stereocenters. The molecule has 86 valence electrons. The third-order valence-corrected chi connectivity index (χ3v) is 2.44. The lowest BCUT2D eigenvalue weighted by Crippen LogP contribution is -2.30. The average molecular weight is 203 g/mol. The molecule has 0 aromatic carbocycles. The van der Waals surface area contributed by atoms with Crippen LogP contribution in [0.2, 0.25) is 0 Å². The number of rotatable bonds is 8. The Balaban J connectivity index is 3.72. The zero-order valence-electron chi connectivity index (χ0n) is 10.2. The number of methoxy groups -OCH3 is 2. The fraction of sp³-hybridized carbons (Fsp3) is 1.00. The van der Waals surface area contributed by atoms with Crippen LogP contribution in [0.4, 0.5) is 0 Å². The number of ether oxygens (including phenoxy) is 2. The van der Waals surface area contributed by atoms with Crippen LogP contribution in [0.25, 0.3) is 0 Å². The van der Waals surface area contributed by atoms with Crippen molar-refractivity contribution in [1.82, 2.24) is 5.32 Å². The second-order valence-electron chi connectivity index (χ2n) is 4.38. The van der Waals surface area contributed by atoms with E-state index in [-0.39, 0.29) is 6.29 Å². The summed E-state index contributed by atoms with van der Waals surface area (Å²) in [5, 5.41) is 3.37. The van der Waals surface area contributed by atoms with Gasteiger partial charge in [0.2, 0.25) is 0 Å². The molecule has 0 aliphatic rings. The molecule has 0 aliphatic heterocycles. The van der Waals surface area contributed by atoms with E-state index >= 15 is 0 Å². The van der Waals surface area contributed by atoms with Gasteiger partial charge in [-0.05, 0) is 24.8 Å². The summed E-state index contributed by atoms with van der Waals surface area (Å²) in [6.45, 7) is 8.73. The molecule has 0 aromatic heterocycles. The van der Waals surface area contributed by atoms with Crippen molar-refractivity contribution in [2.45, 2.75) is 39.9 Å². The van der Waals surface area contributed by atoms with Gasteiger partial charge in [-0.15, -0.1) is 0 Å². The SMILES string of the molecule is CCNCC(C)(C)CCC(OC)OC. The van der Waals surface area contributed by atoms with E-state index in [0.29, 0.717) is 5.41 Å². The van der Waals surface area contributed by atoms with Crippen LogP contribution in [0.5, 0.6) is 0 Å². The molecular weight excluding hydrogens is 178 g/mol. The van der Waals surface area contributed by atoms with Gasteiger partial charge in [0.05, 0.1) is 0 Å². The van der Waals surface area contributed by atoms with Crippen molar-refractivity contribution in [3.63, 3.8) is 0 Å². The highest BCUT2D eigenvalue weighted by atomic mass is 16.7. The lowest BCUT2D eigenvalue weighted by Gasteiger charge is -2.26. The third kappa shape index (κ3) is 6.35. The minimum absolute atomic E-state index is 0.0594. The first-order chi connectivity index (χ1) is 6.55. The zero-order valence-corrected chi connectivity index (χ0v) is 10.2. The van der Waals surface area contributed by atoms with Gasteiger partial charge in [-0.3, -0.25) is 0 Å². The Morgan fingerprint density at radius 1 is 1.21 bits per heavy atom. The largest absolute Gasteiger partial charge is 0.356 e. The van der Waals surface area contributed by atoms with Crippen LogP contribution in [0.1, 0.15) is 33.6 Å². The van der Waals surface area contributed by atoms with E-state index in [2.05, 4.69) is 26.1 Å². The first-order valence-electron chi connectivity index (χ1n) is 5.32. The highest BCUT2D eigenvalue weighted by Gasteiger charge is 2.19. The summed E-state index contributed by atoms with van der Waals surface area (Å²) in [6, 6.07) is 0. The van der Waals surface area contributed by atoms with E-state index in [1.165, 1.54) is 0 Å². The van der Waals surface area contributed by atoms with Crippen LogP contribution in [0, 0.1) is 5.41 Å². The van der Waals surface area contributed by atoms with Crippen molar-refractivity contribution < 1.29 is 9.47 Å². The summed E-state index contributed by atoms with van der Waals surface area (Å²) < 4.78 is 10.3. The Morgan fingerprint density at radius 2 is 1.79 bits per heavy atom. The van der Waals surface area contributed by atoms with E-state index in [0.717, 1.165) is 25.9 Å². The summed E-state index contributed by atoms with van der Waals surface area (Å²) in [7, 11) is 3.37. The molecule has 0 aliphatic carbocycles. The number of nitrogens with one attached hydrogen (secondary N) is 1. The number of hydrogen-bond acceptors (Lipinski definition) is 3. The standard InChI is InChI=1S/C11H25NO2/c1-6-12-9-11(2,3)8-7-10(13-4)14-5/h10,12H,6-9H2,1-5H3. The van der Waals surface area contributed by atoms with Crippen LogP contribution in [0.3, 0.4) is 0 Å². The summed E-state index contributed by atoms with van der Waals surface area (Å²) >= 11 is 0. The maximum Gasteiger partial charge on any atom is 0.156 e. The van der Waals surface area contributed by atoms with Gasteiger partial charge in [0, 0.05) is 20.8 Å². The predicted molar refractivity (Wildman–Crippen MR) is 59.4 cm³/mol. The average Bonchev–Trinajstić information content (AvgIpc) is 2.16. The molecule has 0 atom stereocenters. The molecule has 0 rings (SSSR count). The van der Waals surface area contributed by atoms with Crippen LogP contribution >= 0.6 is 0 Å². The maximum atomic E-state index is 5.16. The van der Waals surface area contributed by atoms with E-state index < -0.39 is 0 Å². The molecule has 3 heteroatoms. The van der Waals surface area contributed by atoms with Gasteiger partial charge >= 0.3 is 0 Å². The lowest BCUT2D eigenvalue weighted by molar-refractivity contribution is -0.110. The Hall–Kier alpha value is -0.120. The second-order valence-corrected chi connectivity index (χ2v) is 4.38. The van der Waals surface area contributed by atoms with Crippen molar-refractivity contribution in [3.8, 4) is 0 Å². The molecule has 0 spiro atoms. The van der Waals surface area contributed by atoms with Crippen molar-refractivity contribution in [1.29, 1.82) is 0 Å². The normalized spacial score (nSPS) is 12.4. The number of hydrogen-bond donors (Lipinski definition) is 1. The summed E-state index contributed by atoms with van der Waals surface area (Å²) in [5.74, 6) is 0. The molecule has 1 N–H and O–H groups in total. The first-order valence-corrected chi connectivity index (χ1v) is 5.32. The van der Waals surface area contributed by atoms with Gasteiger partial charge in [0.1, 0.15) is 0 Å². The molecule has 0 saturated heterocycles. The van der Waals surface area contributed by atoms with Crippen molar-refractivity contribution in [2.24, 2.45) is 5.41 Å². The van der Waals surface area contributed by atoms with Crippen LogP contribution in [-0.4, -0.2) is 33.6 Å². The molecule has 0 radical (unpaired) electrons. The van der Waals surface area contributed by atoms with Crippen molar-refractivity contribution in [2.75, 3.05) is 27.3 Å². The van der Waals surface area contributed by atoms with E-state index in [9.17, 15) is 0 Å².